The van der Waals surface area contributed by atoms with Crippen LogP contribution in [0.3, 0.4) is 0 Å². The molecule has 0 unspecified atom stereocenters. The van der Waals surface area contributed by atoms with Crippen molar-refractivity contribution in [2.75, 3.05) is 5.32 Å². The van der Waals surface area contributed by atoms with Crippen LogP contribution in [-0.4, -0.2) is 10.9 Å². The summed E-state index contributed by atoms with van der Waals surface area (Å²) in [6.45, 7) is 2.09. The molecule has 3 nitrogen and oxygen atoms in total. The van der Waals surface area contributed by atoms with Crippen LogP contribution in [-0.2, 0) is 17.6 Å². The minimum Gasteiger partial charge on any atom is -0.389 e. The number of aryl methyl sites for hydroxylation is 1. The van der Waals surface area contributed by atoms with Crippen LogP contribution < -0.4 is 11.1 Å². The fraction of sp³-hybridized carbons (Fsp3) is 0.176. The number of hydrogen-bond acceptors (Lipinski definition) is 2. The number of carbonyl (C=O) groups is 1. The van der Waals surface area contributed by atoms with Crippen LogP contribution in [0.15, 0.2) is 48.5 Å². The highest BCUT2D eigenvalue weighted by atomic mass is 32.1. The molecule has 0 aromatic heterocycles. The third-order valence-corrected chi connectivity index (χ3v) is 3.46. The van der Waals surface area contributed by atoms with Gasteiger partial charge in [0, 0.05) is 11.3 Å². The second kappa shape index (κ2) is 6.99. The molecule has 0 bridgehead atoms. The molecule has 0 saturated heterocycles. The molecule has 0 fully saturated rings. The maximum Gasteiger partial charge on any atom is 0.228 e. The fourth-order valence-electron chi connectivity index (χ4n) is 2.05. The van der Waals surface area contributed by atoms with Crippen molar-refractivity contribution in [1.29, 1.82) is 0 Å². The molecule has 0 aliphatic heterocycles. The van der Waals surface area contributed by atoms with Crippen molar-refractivity contribution in [3.8, 4) is 0 Å². The van der Waals surface area contributed by atoms with E-state index in [9.17, 15) is 4.79 Å². The Balaban J connectivity index is 1.99. The first-order valence-electron chi connectivity index (χ1n) is 6.86. The third kappa shape index (κ3) is 4.39. The van der Waals surface area contributed by atoms with Gasteiger partial charge in [-0.05, 0) is 29.7 Å². The molecule has 2 aromatic rings. The summed E-state index contributed by atoms with van der Waals surface area (Å²) in [4.78, 5) is 12.4. The summed E-state index contributed by atoms with van der Waals surface area (Å²) < 4.78 is 0. The Labute approximate surface area is 130 Å². The summed E-state index contributed by atoms with van der Waals surface area (Å²) >= 11 is 4.90. The minimum atomic E-state index is -0.0358. The lowest BCUT2D eigenvalue weighted by Gasteiger charge is -2.07. The molecule has 0 radical (unpaired) electrons. The summed E-state index contributed by atoms with van der Waals surface area (Å²) in [5.74, 6) is -0.0358. The van der Waals surface area contributed by atoms with Gasteiger partial charge in [-0.3, -0.25) is 4.79 Å². The summed E-state index contributed by atoms with van der Waals surface area (Å²) in [5.41, 5.74) is 9.32. The molecule has 21 heavy (non-hydrogen) atoms. The molecule has 0 aliphatic carbocycles. The van der Waals surface area contributed by atoms with Crippen molar-refractivity contribution in [3.05, 3.63) is 65.2 Å². The van der Waals surface area contributed by atoms with Crippen molar-refractivity contribution in [2.24, 2.45) is 5.73 Å². The monoisotopic (exact) mass is 298 g/mol. The highest BCUT2D eigenvalue weighted by Crippen LogP contribution is 2.12. The van der Waals surface area contributed by atoms with Crippen LogP contribution in [0.2, 0.25) is 0 Å². The van der Waals surface area contributed by atoms with Gasteiger partial charge in [0.1, 0.15) is 4.99 Å². The van der Waals surface area contributed by atoms with Gasteiger partial charge in [-0.15, -0.1) is 0 Å². The lowest BCUT2D eigenvalue weighted by molar-refractivity contribution is -0.115. The van der Waals surface area contributed by atoms with Crippen molar-refractivity contribution < 1.29 is 4.79 Å². The third-order valence-electron chi connectivity index (χ3n) is 3.22. The van der Waals surface area contributed by atoms with Crippen LogP contribution in [0.4, 0.5) is 5.69 Å². The van der Waals surface area contributed by atoms with Gasteiger partial charge >= 0.3 is 0 Å². The zero-order valence-corrected chi connectivity index (χ0v) is 12.7. The molecule has 0 saturated carbocycles. The van der Waals surface area contributed by atoms with Crippen LogP contribution >= 0.6 is 12.2 Å². The normalized spacial score (nSPS) is 10.1. The zero-order chi connectivity index (χ0) is 15.2. The van der Waals surface area contributed by atoms with Crippen LogP contribution in [0.5, 0.6) is 0 Å². The Morgan fingerprint density at radius 2 is 1.86 bits per heavy atom. The number of nitrogens with two attached hydrogens (primary N) is 1. The fourth-order valence-corrected chi connectivity index (χ4v) is 2.18. The molecular formula is C17H18N2OS. The van der Waals surface area contributed by atoms with Crippen LogP contribution in [0, 0.1) is 0 Å². The van der Waals surface area contributed by atoms with E-state index in [1.165, 1.54) is 5.56 Å². The van der Waals surface area contributed by atoms with Crippen molar-refractivity contribution >= 4 is 28.8 Å². The van der Waals surface area contributed by atoms with Crippen molar-refractivity contribution in [2.45, 2.75) is 19.8 Å². The van der Waals surface area contributed by atoms with E-state index in [1.807, 2.05) is 48.5 Å². The number of anilines is 1. The molecule has 108 valence electrons. The maximum absolute atomic E-state index is 12.0. The van der Waals surface area contributed by atoms with Crippen LogP contribution in [0.1, 0.15) is 23.6 Å². The first kappa shape index (κ1) is 15.2. The van der Waals surface area contributed by atoms with E-state index in [4.69, 9.17) is 18.0 Å². The van der Waals surface area contributed by atoms with Gasteiger partial charge in [0.05, 0.1) is 6.42 Å². The highest BCUT2D eigenvalue weighted by molar-refractivity contribution is 7.80. The minimum absolute atomic E-state index is 0.0358. The molecule has 0 aliphatic rings. The average Bonchev–Trinajstić information content (AvgIpc) is 2.47. The summed E-state index contributed by atoms with van der Waals surface area (Å²) in [5, 5.41) is 2.91. The largest absolute Gasteiger partial charge is 0.389 e. The molecular weight excluding hydrogens is 280 g/mol. The Hall–Kier alpha value is -2.20. The number of nitrogens with one attached hydrogen (secondary N) is 1. The number of hydrogen-bond donors (Lipinski definition) is 2. The standard InChI is InChI=1S/C17H18N2OS/c1-2-12-4-3-5-15(10-12)19-16(20)11-13-6-8-14(9-7-13)17(18)21/h3-10H,2,11H2,1H3,(H2,18,21)(H,19,20). The van der Waals surface area contributed by atoms with E-state index in [0.717, 1.165) is 23.2 Å². The van der Waals surface area contributed by atoms with Gasteiger partial charge in [0.15, 0.2) is 0 Å². The van der Waals surface area contributed by atoms with Gasteiger partial charge in [-0.2, -0.15) is 0 Å². The first-order valence-corrected chi connectivity index (χ1v) is 7.27. The predicted molar refractivity (Wildman–Crippen MR) is 90.5 cm³/mol. The second-order valence-electron chi connectivity index (χ2n) is 4.84. The molecule has 3 N–H and O–H groups in total. The van der Waals surface area contributed by atoms with E-state index in [0.29, 0.717) is 11.4 Å². The maximum atomic E-state index is 12.0. The summed E-state index contributed by atoms with van der Waals surface area (Å²) in [7, 11) is 0. The Kier molecular flexibility index (Phi) is 5.06. The van der Waals surface area contributed by atoms with Gasteiger partial charge in [0.25, 0.3) is 0 Å². The Morgan fingerprint density at radius 1 is 1.14 bits per heavy atom. The van der Waals surface area contributed by atoms with Gasteiger partial charge in [-0.25, -0.2) is 0 Å². The summed E-state index contributed by atoms with van der Waals surface area (Å²) in [6, 6.07) is 15.3. The number of rotatable bonds is 5. The van der Waals surface area contributed by atoms with Gasteiger partial charge < -0.3 is 11.1 Å². The van der Waals surface area contributed by atoms with Gasteiger partial charge in [0.2, 0.25) is 5.91 Å². The number of benzene rings is 2. The van der Waals surface area contributed by atoms with E-state index >= 15 is 0 Å². The topological polar surface area (TPSA) is 55.1 Å². The smallest absolute Gasteiger partial charge is 0.228 e. The lowest BCUT2D eigenvalue weighted by atomic mass is 10.1. The van der Waals surface area contributed by atoms with Crippen molar-refractivity contribution in [1.82, 2.24) is 0 Å². The second-order valence-corrected chi connectivity index (χ2v) is 5.28. The predicted octanol–water partition coefficient (Wildman–Crippen LogP) is 3.06. The van der Waals surface area contributed by atoms with E-state index in [1.54, 1.807) is 0 Å². The number of thiocarbonyl (C=S) groups is 1. The molecule has 4 heteroatoms. The highest BCUT2D eigenvalue weighted by Gasteiger charge is 2.05. The molecule has 0 heterocycles. The quantitative estimate of drug-likeness (QED) is 0.834. The zero-order valence-electron chi connectivity index (χ0n) is 11.9. The SMILES string of the molecule is CCc1cccc(NC(=O)Cc2ccc(C(N)=S)cc2)c1. The lowest BCUT2D eigenvalue weighted by Crippen LogP contribution is -2.15. The molecule has 0 atom stereocenters. The Morgan fingerprint density at radius 3 is 2.48 bits per heavy atom. The molecule has 2 rings (SSSR count). The van der Waals surface area contributed by atoms with Crippen molar-refractivity contribution in [3.63, 3.8) is 0 Å². The molecule has 2 aromatic carbocycles. The number of carbonyl (C=O) groups excluding carboxylic acids is 1. The first-order chi connectivity index (χ1) is 10.1. The summed E-state index contributed by atoms with van der Waals surface area (Å²) in [6.07, 6.45) is 1.28. The number of amides is 1. The molecule has 1 amide bonds. The van der Waals surface area contributed by atoms with E-state index in [-0.39, 0.29) is 5.91 Å². The Bertz CT molecular complexity index is 650. The average molecular weight is 298 g/mol. The van der Waals surface area contributed by atoms with E-state index in [2.05, 4.69) is 12.2 Å². The molecule has 0 spiro atoms. The van der Waals surface area contributed by atoms with E-state index < -0.39 is 0 Å². The van der Waals surface area contributed by atoms with Gasteiger partial charge in [-0.1, -0.05) is 55.5 Å². The van der Waals surface area contributed by atoms with Crippen LogP contribution in [0.25, 0.3) is 0 Å².